The monoisotopic (exact) mass is 460 g/mol. The molecule has 0 saturated heterocycles. The van der Waals surface area contributed by atoms with E-state index in [2.05, 4.69) is 4.99 Å². The van der Waals surface area contributed by atoms with Crippen LogP contribution in [0.3, 0.4) is 0 Å². The summed E-state index contributed by atoms with van der Waals surface area (Å²) in [6.45, 7) is 6.17. The molecule has 174 valence electrons. The van der Waals surface area contributed by atoms with E-state index in [0.29, 0.717) is 54.5 Å². The Hall–Kier alpha value is -2.44. The van der Waals surface area contributed by atoms with Crippen LogP contribution in [0.25, 0.3) is 0 Å². The molecule has 6 nitrogen and oxygen atoms in total. The van der Waals surface area contributed by atoms with Crippen molar-refractivity contribution in [2.24, 2.45) is 10.9 Å². The van der Waals surface area contributed by atoms with E-state index in [1.165, 1.54) is 11.0 Å². The second-order valence-corrected chi connectivity index (χ2v) is 8.13. The molecule has 7 heteroatoms. The minimum Gasteiger partial charge on any atom is -0.481 e. The Bertz CT molecular complexity index is 874. The summed E-state index contributed by atoms with van der Waals surface area (Å²) in [6.07, 6.45) is 6.05. The summed E-state index contributed by atoms with van der Waals surface area (Å²) in [7, 11) is 0. The average molecular weight is 461 g/mol. The molecule has 1 atom stereocenters. The maximum Gasteiger partial charge on any atom is 0.258 e. The molecular formula is C25H33ClN2O4. The first kappa shape index (κ1) is 25.8. The summed E-state index contributed by atoms with van der Waals surface area (Å²) < 4.78 is 5.85. The smallest absolute Gasteiger partial charge is 0.258 e. The van der Waals surface area contributed by atoms with Crippen LogP contribution in [0.15, 0.2) is 52.7 Å². The molecule has 0 aliphatic carbocycles. The van der Waals surface area contributed by atoms with Crippen LogP contribution in [0, 0.1) is 5.92 Å². The van der Waals surface area contributed by atoms with Crippen molar-refractivity contribution in [1.82, 2.24) is 4.90 Å². The minimum atomic E-state index is -0.374. The van der Waals surface area contributed by atoms with E-state index < -0.39 is 0 Å². The van der Waals surface area contributed by atoms with Crippen molar-refractivity contribution in [2.45, 2.75) is 52.9 Å². The van der Waals surface area contributed by atoms with Crippen LogP contribution in [0.2, 0.25) is 5.02 Å². The quantitative estimate of drug-likeness (QED) is 0.541. The first-order valence-electron chi connectivity index (χ1n) is 11.2. The lowest BCUT2D eigenvalue weighted by molar-refractivity contribution is -0.139. The van der Waals surface area contributed by atoms with Gasteiger partial charge in [0.25, 0.3) is 11.8 Å². The predicted molar refractivity (Wildman–Crippen MR) is 127 cm³/mol. The van der Waals surface area contributed by atoms with Crippen LogP contribution in [-0.4, -0.2) is 47.5 Å². The molecule has 1 unspecified atom stereocenters. The third-order valence-corrected chi connectivity index (χ3v) is 5.55. The number of aliphatic hydroxyl groups is 1. The van der Waals surface area contributed by atoms with Gasteiger partial charge in [-0.1, -0.05) is 36.7 Å². The van der Waals surface area contributed by atoms with Crippen molar-refractivity contribution >= 4 is 29.3 Å². The molecule has 2 rings (SSSR count). The number of allylic oxidation sites excluding steroid dienone is 2. The first-order valence-corrected chi connectivity index (χ1v) is 11.6. The number of aliphatic imine (C=N–C) groups is 1. The number of ether oxygens (including phenoxy) is 1. The molecule has 32 heavy (non-hydrogen) atoms. The maximum atomic E-state index is 13.3. The van der Waals surface area contributed by atoms with Gasteiger partial charge < -0.3 is 9.84 Å². The number of hydrogen-bond acceptors (Lipinski definition) is 5. The number of rotatable bonds is 9. The average Bonchev–Trinajstić information content (AvgIpc) is 2.92. The Morgan fingerprint density at radius 3 is 2.62 bits per heavy atom. The SMILES string of the molecule is CCC=CC(=O)N(CCCO)C(=O)C1=C(C)N=C(OCC)C(Cc2ccc(Cl)cc2)CC1. The Morgan fingerprint density at radius 1 is 1.28 bits per heavy atom. The topological polar surface area (TPSA) is 79.2 Å². The number of aliphatic hydroxyl groups excluding tert-OH is 1. The zero-order chi connectivity index (χ0) is 23.5. The van der Waals surface area contributed by atoms with Gasteiger partial charge in [-0.15, -0.1) is 0 Å². The Kier molecular flexibility index (Phi) is 10.6. The Labute approximate surface area is 195 Å². The molecule has 1 N–H and O–H groups in total. The molecule has 0 saturated carbocycles. The normalized spacial score (nSPS) is 16.7. The number of carbonyl (C=O) groups excluding carboxylic acids is 2. The molecular weight excluding hydrogens is 428 g/mol. The Balaban J connectivity index is 2.28. The van der Waals surface area contributed by atoms with Gasteiger partial charge in [0.05, 0.1) is 6.61 Å². The van der Waals surface area contributed by atoms with Crippen LogP contribution >= 0.6 is 11.6 Å². The molecule has 1 aromatic rings. The van der Waals surface area contributed by atoms with Gasteiger partial charge in [-0.3, -0.25) is 14.5 Å². The van der Waals surface area contributed by atoms with E-state index in [1.54, 1.807) is 13.0 Å². The standard InChI is InChI=1S/C25H33ClN2O4/c1-4-6-8-23(30)28(15-7-16-29)25(31)22-14-11-20(24(32-5-2)27-18(22)3)17-19-9-12-21(26)13-10-19/h6,8-10,12-13,20,29H,4-5,7,11,14-17H2,1-3H3. The number of imide groups is 1. The zero-order valence-corrected chi connectivity index (χ0v) is 19.9. The van der Waals surface area contributed by atoms with Crippen LogP contribution in [0.4, 0.5) is 0 Å². The van der Waals surface area contributed by atoms with Gasteiger partial charge in [0.1, 0.15) is 0 Å². The van der Waals surface area contributed by atoms with Crippen molar-refractivity contribution in [1.29, 1.82) is 0 Å². The van der Waals surface area contributed by atoms with Gasteiger partial charge in [-0.2, -0.15) is 0 Å². The van der Waals surface area contributed by atoms with Gasteiger partial charge in [0.2, 0.25) is 0 Å². The van der Waals surface area contributed by atoms with Gasteiger partial charge in [-0.05, 0) is 69.7 Å². The molecule has 2 amide bonds. The molecule has 0 bridgehead atoms. The Morgan fingerprint density at radius 2 is 2.00 bits per heavy atom. The third-order valence-electron chi connectivity index (χ3n) is 5.30. The number of nitrogens with zero attached hydrogens (tertiary/aromatic N) is 2. The molecule has 0 radical (unpaired) electrons. The number of amides is 2. The zero-order valence-electron chi connectivity index (χ0n) is 19.1. The van der Waals surface area contributed by atoms with E-state index in [4.69, 9.17) is 16.3 Å². The van der Waals surface area contributed by atoms with E-state index >= 15 is 0 Å². The summed E-state index contributed by atoms with van der Waals surface area (Å²) in [5.74, 6) is -0.102. The fourth-order valence-electron chi connectivity index (χ4n) is 3.61. The highest BCUT2D eigenvalue weighted by Gasteiger charge is 2.29. The van der Waals surface area contributed by atoms with E-state index in [0.717, 1.165) is 12.0 Å². The van der Waals surface area contributed by atoms with Gasteiger partial charge >= 0.3 is 0 Å². The highest BCUT2D eigenvalue weighted by Crippen LogP contribution is 2.28. The highest BCUT2D eigenvalue weighted by atomic mass is 35.5. The number of carbonyl (C=O) groups is 2. The van der Waals surface area contributed by atoms with Crippen molar-refractivity contribution in [3.8, 4) is 0 Å². The summed E-state index contributed by atoms with van der Waals surface area (Å²) in [5.41, 5.74) is 2.19. The summed E-state index contributed by atoms with van der Waals surface area (Å²) >= 11 is 6.01. The number of benzene rings is 1. The second kappa shape index (κ2) is 13.2. The summed E-state index contributed by atoms with van der Waals surface area (Å²) in [4.78, 5) is 31.8. The van der Waals surface area contributed by atoms with Crippen molar-refractivity contribution in [3.63, 3.8) is 0 Å². The van der Waals surface area contributed by atoms with Crippen LogP contribution in [-0.2, 0) is 20.7 Å². The van der Waals surface area contributed by atoms with Gasteiger partial charge in [-0.25, -0.2) is 4.99 Å². The van der Waals surface area contributed by atoms with Crippen molar-refractivity contribution in [3.05, 3.63) is 58.3 Å². The maximum absolute atomic E-state index is 13.3. The van der Waals surface area contributed by atoms with Crippen molar-refractivity contribution in [2.75, 3.05) is 19.8 Å². The highest BCUT2D eigenvalue weighted by molar-refractivity contribution is 6.30. The number of halogens is 1. The van der Waals surface area contributed by atoms with Crippen LogP contribution in [0.5, 0.6) is 0 Å². The third kappa shape index (κ3) is 7.31. The largest absolute Gasteiger partial charge is 0.481 e. The fourth-order valence-corrected chi connectivity index (χ4v) is 3.74. The second-order valence-electron chi connectivity index (χ2n) is 7.70. The van der Waals surface area contributed by atoms with E-state index in [1.807, 2.05) is 38.1 Å². The molecule has 1 heterocycles. The number of hydrogen-bond donors (Lipinski definition) is 1. The molecule has 1 aliphatic heterocycles. The molecule has 0 aromatic heterocycles. The van der Waals surface area contributed by atoms with Crippen molar-refractivity contribution < 1.29 is 19.4 Å². The lowest BCUT2D eigenvalue weighted by Gasteiger charge is -2.21. The summed E-state index contributed by atoms with van der Waals surface area (Å²) in [5, 5.41) is 9.91. The first-order chi connectivity index (χ1) is 15.4. The molecule has 1 aromatic carbocycles. The molecule has 1 aliphatic rings. The van der Waals surface area contributed by atoms with E-state index in [9.17, 15) is 14.7 Å². The predicted octanol–water partition coefficient (Wildman–Crippen LogP) is 4.71. The van der Waals surface area contributed by atoms with E-state index in [-0.39, 0.29) is 30.9 Å². The lowest BCUT2D eigenvalue weighted by Crippen LogP contribution is -2.38. The van der Waals surface area contributed by atoms with Crippen LogP contribution in [0.1, 0.15) is 52.0 Å². The van der Waals surface area contributed by atoms with Crippen LogP contribution < -0.4 is 0 Å². The van der Waals surface area contributed by atoms with Gasteiger partial charge in [0, 0.05) is 35.4 Å². The fraction of sp³-hybridized carbons (Fsp3) is 0.480. The molecule has 0 fully saturated rings. The molecule has 0 spiro atoms. The van der Waals surface area contributed by atoms with Gasteiger partial charge in [0.15, 0.2) is 5.90 Å². The summed E-state index contributed by atoms with van der Waals surface area (Å²) in [6, 6.07) is 7.69. The minimum absolute atomic E-state index is 0.0120. The lowest BCUT2D eigenvalue weighted by atomic mass is 9.92.